The van der Waals surface area contributed by atoms with E-state index >= 15 is 0 Å². The Hall–Kier alpha value is -4.50. The van der Waals surface area contributed by atoms with E-state index in [1.54, 1.807) is 0 Å². The predicted molar refractivity (Wildman–Crippen MR) is 99.9 cm³/mol. The van der Waals surface area contributed by atoms with Crippen LogP contribution in [0.5, 0.6) is 11.5 Å². The van der Waals surface area contributed by atoms with Crippen LogP contribution in [-0.2, 0) is 9.47 Å². The highest BCUT2D eigenvalue weighted by molar-refractivity contribution is 5.64. The van der Waals surface area contributed by atoms with Gasteiger partial charge in [-0.2, -0.15) is 0 Å². The van der Waals surface area contributed by atoms with Gasteiger partial charge in [-0.3, -0.25) is 0 Å². The molecule has 0 aliphatic rings. The Balaban J connectivity index is 1.98. The number of carbonyl (C=O) groups excluding carboxylic acids is 2. The molecule has 0 aromatic heterocycles. The van der Waals surface area contributed by atoms with Crippen molar-refractivity contribution in [2.24, 2.45) is 5.11 Å². The zero-order valence-corrected chi connectivity index (χ0v) is 14.9. The van der Waals surface area contributed by atoms with Crippen molar-refractivity contribution >= 4 is 23.7 Å². The Kier molecular flexibility index (Phi) is 7.61. The SMILES string of the molecule is C#CCOC(=O)Oc1ccc(N=[N+]([O-])c2ccc(OC(=O)OCC#C)cc2)cc1. The van der Waals surface area contributed by atoms with Gasteiger partial charge in [0.1, 0.15) is 17.2 Å². The van der Waals surface area contributed by atoms with E-state index in [9.17, 15) is 14.8 Å². The molecule has 0 heterocycles. The number of hydrogen-bond acceptors (Lipinski definition) is 8. The van der Waals surface area contributed by atoms with Crippen molar-refractivity contribution < 1.29 is 33.4 Å². The molecule has 146 valence electrons. The predicted octanol–water partition coefficient (Wildman–Crippen LogP) is 3.91. The average molecular weight is 394 g/mol. The number of ether oxygens (including phenoxy) is 4. The van der Waals surface area contributed by atoms with E-state index in [0.717, 1.165) is 0 Å². The standard InChI is InChI=1S/C20H14N2O7/c1-3-13-26-19(23)28-17-9-5-15(6-10-17)21-22(25)16-7-11-18(12-8-16)29-20(24)27-14-4-2/h1-2,5-12H,13-14H2. The molecule has 9 nitrogen and oxygen atoms in total. The quantitative estimate of drug-likeness (QED) is 0.182. The highest BCUT2D eigenvalue weighted by Crippen LogP contribution is 2.23. The summed E-state index contributed by atoms with van der Waals surface area (Å²) in [5, 5.41) is 16.0. The number of azo groups is 1. The molecule has 0 saturated heterocycles. The summed E-state index contributed by atoms with van der Waals surface area (Å²) < 4.78 is 18.9. The van der Waals surface area contributed by atoms with E-state index in [1.165, 1.54) is 48.5 Å². The molecule has 29 heavy (non-hydrogen) atoms. The molecule has 0 bridgehead atoms. The van der Waals surface area contributed by atoms with Crippen molar-refractivity contribution in [3.63, 3.8) is 0 Å². The molecule has 0 aliphatic carbocycles. The molecule has 0 atom stereocenters. The van der Waals surface area contributed by atoms with Gasteiger partial charge in [0.15, 0.2) is 13.2 Å². The summed E-state index contributed by atoms with van der Waals surface area (Å²) >= 11 is 0. The van der Waals surface area contributed by atoms with Crippen molar-refractivity contribution in [3.05, 3.63) is 53.7 Å². The van der Waals surface area contributed by atoms with Gasteiger partial charge in [0, 0.05) is 17.2 Å². The Morgan fingerprint density at radius 3 is 1.76 bits per heavy atom. The van der Waals surface area contributed by atoms with E-state index in [4.69, 9.17) is 22.3 Å². The van der Waals surface area contributed by atoms with Crippen LogP contribution in [0, 0.1) is 29.9 Å². The lowest BCUT2D eigenvalue weighted by atomic mass is 10.3. The summed E-state index contributed by atoms with van der Waals surface area (Å²) in [6.45, 7) is -0.409. The van der Waals surface area contributed by atoms with Crippen molar-refractivity contribution in [1.29, 1.82) is 0 Å². The molecule has 0 amide bonds. The van der Waals surface area contributed by atoms with Gasteiger partial charge >= 0.3 is 12.3 Å². The van der Waals surface area contributed by atoms with Crippen LogP contribution >= 0.6 is 0 Å². The summed E-state index contributed by atoms with van der Waals surface area (Å²) in [5.41, 5.74) is 0.495. The Morgan fingerprint density at radius 1 is 0.862 bits per heavy atom. The van der Waals surface area contributed by atoms with Crippen LogP contribution in [0.3, 0.4) is 0 Å². The Bertz CT molecular complexity index is 968. The molecule has 0 radical (unpaired) electrons. The normalized spacial score (nSPS) is 10.2. The molecule has 2 aromatic carbocycles. The van der Waals surface area contributed by atoms with Gasteiger partial charge in [-0.1, -0.05) is 16.7 Å². The summed E-state index contributed by atoms with van der Waals surface area (Å²) in [5.74, 6) is 4.63. The molecular formula is C20H14N2O7. The monoisotopic (exact) mass is 394 g/mol. The van der Waals surface area contributed by atoms with Crippen LogP contribution in [-0.4, -0.2) is 30.4 Å². The molecular weight excluding hydrogens is 380 g/mol. The number of benzene rings is 2. The Morgan fingerprint density at radius 2 is 1.31 bits per heavy atom. The lowest BCUT2D eigenvalue weighted by Crippen LogP contribution is -2.10. The van der Waals surface area contributed by atoms with Gasteiger partial charge in [0.25, 0.3) is 0 Å². The first-order chi connectivity index (χ1) is 14.0. The maximum Gasteiger partial charge on any atom is 0.514 e. The third-order valence-corrected chi connectivity index (χ3v) is 3.05. The summed E-state index contributed by atoms with van der Waals surface area (Å²) in [7, 11) is 0. The van der Waals surface area contributed by atoms with Crippen LogP contribution in [0.1, 0.15) is 0 Å². The number of hydrogen-bond donors (Lipinski definition) is 0. The third kappa shape index (κ3) is 6.96. The molecule has 2 aromatic rings. The fourth-order valence-electron chi connectivity index (χ4n) is 1.84. The van der Waals surface area contributed by atoms with Crippen molar-refractivity contribution in [2.45, 2.75) is 0 Å². The summed E-state index contributed by atoms with van der Waals surface area (Å²) in [6.07, 6.45) is 8.04. The number of nitrogens with zero attached hydrogens (tertiary/aromatic N) is 2. The van der Waals surface area contributed by atoms with E-state index in [2.05, 4.69) is 26.4 Å². The van der Waals surface area contributed by atoms with Crippen LogP contribution in [0.2, 0.25) is 0 Å². The van der Waals surface area contributed by atoms with Crippen LogP contribution in [0.25, 0.3) is 0 Å². The highest BCUT2D eigenvalue weighted by Gasteiger charge is 2.09. The van der Waals surface area contributed by atoms with E-state index < -0.39 is 12.3 Å². The zero-order valence-electron chi connectivity index (χ0n) is 14.9. The van der Waals surface area contributed by atoms with Crippen molar-refractivity contribution in [2.75, 3.05) is 13.2 Å². The first kappa shape index (κ1) is 20.8. The minimum atomic E-state index is -0.954. The smallest absolute Gasteiger partial charge is 0.514 e. The molecule has 0 unspecified atom stereocenters. The largest absolute Gasteiger partial charge is 0.594 e. The van der Waals surface area contributed by atoms with Gasteiger partial charge in [-0.25, -0.2) is 9.59 Å². The van der Waals surface area contributed by atoms with Gasteiger partial charge in [-0.05, 0) is 36.4 Å². The van der Waals surface area contributed by atoms with E-state index in [-0.39, 0.29) is 30.4 Å². The fourth-order valence-corrected chi connectivity index (χ4v) is 1.84. The molecule has 0 saturated carbocycles. The summed E-state index contributed by atoms with van der Waals surface area (Å²) in [6, 6.07) is 11.4. The second-order valence-electron chi connectivity index (χ2n) is 5.05. The third-order valence-electron chi connectivity index (χ3n) is 3.05. The average Bonchev–Trinajstić information content (AvgIpc) is 2.72. The van der Waals surface area contributed by atoms with Gasteiger partial charge in [0.05, 0.1) is 0 Å². The zero-order chi connectivity index (χ0) is 21.1. The molecule has 9 heteroatoms. The molecule has 0 fully saturated rings. The van der Waals surface area contributed by atoms with Gasteiger partial charge < -0.3 is 24.2 Å². The van der Waals surface area contributed by atoms with Gasteiger partial charge in [-0.15, -0.1) is 12.8 Å². The van der Waals surface area contributed by atoms with Crippen LogP contribution in [0.15, 0.2) is 53.6 Å². The topological polar surface area (TPSA) is 109 Å². The maximum atomic E-state index is 12.1. The molecule has 2 rings (SSSR count). The molecule has 0 spiro atoms. The number of carbonyl (C=O) groups is 2. The first-order valence-electron chi connectivity index (χ1n) is 7.97. The Labute approximate surface area is 166 Å². The van der Waals surface area contributed by atoms with Crippen LogP contribution < -0.4 is 9.47 Å². The fraction of sp³-hybridized carbons (Fsp3) is 0.100. The maximum absolute atomic E-state index is 12.1. The lowest BCUT2D eigenvalue weighted by Gasteiger charge is -2.05. The van der Waals surface area contributed by atoms with Crippen molar-refractivity contribution in [3.8, 4) is 36.2 Å². The minimum Gasteiger partial charge on any atom is -0.594 e. The summed E-state index contributed by atoms with van der Waals surface area (Å²) in [4.78, 5) is 23.0. The van der Waals surface area contributed by atoms with Crippen molar-refractivity contribution in [1.82, 2.24) is 0 Å². The van der Waals surface area contributed by atoms with Gasteiger partial charge in [0.2, 0.25) is 5.69 Å². The second kappa shape index (κ2) is 10.6. The van der Waals surface area contributed by atoms with E-state index in [1.807, 2.05) is 0 Å². The highest BCUT2D eigenvalue weighted by atomic mass is 16.7. The minimum absolute atomic E-state index is 0.169. The number of terminal acetylenes is 2. The van der Waals surface area contributed by atoms with Crippen LogP contribution in [0.4, 0.5) is 21.0 Å². The van der Waals surface area contributed by atoms with E-state index in [0.29, 0.717) is 10.5 Å². The molecule has 0 N–H and O–H groups in total. The number of rotatable bonds is 6. The second-order valence-corrected chi connectivity index (χ2v) is 5.05. The molecule has 0 aliphatic heterocycles. The lowest BCUT2D eigenvalue weighted by molar-refractivity contribution is -0.435. The first-order valence-corrected chi connectivity index (χ1v) is 7.97.